The highest BCUT2D eigenvalue weighted by molar-refractivity contribution is 7.13. The molecule has 29 heavy (non-hydrogen) atoms. The largest absolute Gasteiger partial charge is 0.339 e. The first-order chi connectivity index (χ1) is 14.3. The van der Waals surface area contributed by atoms with Crippen LogP contribution in [0.25, 0.3) is 10.7 Å². The van der Waals surface area contributed by atoms with E-state index in [1.54, 1.807) is 11.3 Å². The lowest BCUT2D eigenvalue weighted by Gasteiger charge is -2.23. The zero-order chi connectivity index (χ0) is 19.9. The van der Waals surface area contributed by atoms with Gasteiger partial charge in [-0.3, -0.25) is 4.79 Å². The number of thiophene rings is 1. The number of hydrogen-bond acceptors (Lipinski definition) is 5. The molecule has 0 saturated carbocycles. The smallest absolute Gasteiger partial charge is 0.227 e. The molecule has 0 fully saturated rings. The molecule has 4 aromatic rings. The second-order valence-corrected chi connectivity index (χ2v) is 7.59. The molecule has 1 amide bonds. The Hall–Kier alpha value is -3.25. The van der Waals surface area contributed by atoms with Crippen LogP contribution in [-0.2, 0) is 17.8 Å². The fourth-order valence-corrected chi connectivity index (χ4v) is 3.73. The summed E-state index contributed by atoms with van der Waals surface area (Å²) in [6.45, 7) is 0.548. The first kappa shape index (κ1) is 19.1. The van der Waals surface area contributed by atoms with Gasteiger partial charge in [0, 0.05) is 18.5 Å². The molecule has 6 heteroatoms. The monoisotopic (exact) mass is 403 g/mol. The molecule has 0 spiro atoms. The summed E-state index contributed by atoms with van der Waals surface area (Å²) in [4.78, 5) is 20.2. The molecule has 0 aliphatic carbocycles. The molecule has 0 bridgehead atoms. The Bertz CT molecular complexity index is 1030. The molecule has 2 aromatic carbocycles. The van der Waals surface area contributed by atoms with Crippen molar-refractivity contribution in [2.75, 3.05) is 4.90 Å². The van der Waals surface area contributed by atoms with Gasteiger partial charge in [-0.05, 0) is 35.6 Å². The van der Waals surface area contributed by atoms with Crippen molar-refractivity contribution in [2.45, 2.75) is 25.8 Å². The van der Waals surface area contributed by atoms with Crippen molar-refractivity contribution in [3.63, 3.8) is 0 Å². The standard InChI is InChI=1S/C23H21N3O2S/c27-22(15-7-14-21-24-23(25-28-21)20-13-8-16-29-20)26(19-11-5-2-6-12-19)17-18-9-3-1-4-10-18/h1-6,8-13,16H,7,14-15,17H2. The SMILES string of the molecule is O=C(CCCc1nc(-c2cccs2)no1)N(Cc1ccccc1)c1ccccc1. The van der Waals surface area contributed by atoms with Crippen molar-refractivity contribution in [1.82, 2.24) is 10.1 Å². The first-order valence-electron chi connectivity index (χ1n) is 9.55. The Morgan fingerprint density at radius 1 is 0.966 bits per heavy atom. The van der Waals surface area contributed by atoms with Crippen molar-refractivity contribution in [2.24, 2.45) is 0 Å². The Labute approximate surface area is 173 Å². The quantitative estimate of drug-likeness (QED) is 0.398. The summed E-state index contributed by atoms with van der Waals surface area (Å²) < 4.78 is 5.33. The summed E-state index contributed by atoms with van der Waals surface area (Å²) in [6.07, 6.45) is 1.65. The summed E-state index contributed by atoms with van der Waals surface area (Å²) in [5.41, 5.74) is 2.00. The van der Waals surface area contributed by atoms with Crippen LogP contribution in [0.5, 0.6) is 0 Å². The lowest BCUT2D eigenvalue weighted by molar-refractivity contribution is -0.118. The molecular formula is C23H21N3O2S. The van der Waals surface area contributed by atoms with Crippen molar-refractivity contribution < 1.29 is 9.32 Å². The summed E-state index contributed by atoms with van der Waals surface area (Å²) >= 11 is 1.57. The van der Waals surface area contributed by atoms with Crippen LogP contribution in [0.4, 0.5) is 5.69 Å². The number of carbonyl (C=O) groups excluding carboxylic acids is 1. The Morgan fingerprint density at radius 3 is 2.45 bits per heavy atom. The maximum absolute atomic E-state index is 13.0. The van der Waals surface area contributed by atoms with E-state index in [1.165, 1.54) is 0 Å². The highest BCUT2D eigenvalue weighted by atomic mass is 32.1. The van der Waals surface area contributed by atoms with Gasteiger partial charge < -0.3 is 9.42 Å². The van der Waals surface area contributed by atoms with E-state index in [4.69, 9.17) is 4.52 Å². The molecule has 2 heterocycles. The number of carbonyl (C=O) groups is 1. The van der Waals surface area contributed by atoms with E-state index >= 15 is 0 Å². The molecular weight excluding hydrogens is 382 g/mol. The minimum Gasteiger partial charge on any atom is -0.339 e. The van der Waals surface area contributed by atoms with Crippen molar-refractivity contribution in [3.8, 4) is 10.7 Å². The Kier molecular flexibility index (Phi) is 6.12. The molecule has 146 valence electrons. The molecule has 5 nitrogen and oxygen atoms in total. The van der Waals surface area contributed by atoms with Crippen LogP contribution in [-0.4, -0.2) is 16.0 Å². The van der Waals surface area contributed by atoms with Gasteiger partial charge in [0.05, 0.1) is 11.4 Å². The normalized spacial score (nSPS) is 10.8. The van der Waals surface area contributed by atoms with Crippen LogP contribution in [0.15, 0.2) is 82.7 Å². The predicted molar refractivity (Wildman–Crippen MR) is 115 cm³/mol. The van der Waals surface area contributed by atoms with Gasteiger partial charge in [0.2, 0.25) is 17.6 Å². The molecule has 0 aliphatic rings. The van der Waals surface area contributed by atoms with E-state index in [0.717, 1.165) is 16.1 Å². The lowest BCUT2D eigenvalue weighted by Crippen LogP contribution is -2.30. The Morgan fingerprint density at radius 2 is 1.72 bits per heavy atom. The fourth-order valence-electron chi connectivity index (χ4n) is 3.09. The fraction of sp³-hybridized carbons (Fsp3) is 0.174. The van der Waals surface area contributed by atoms with Crippen LogP contribution >= 0.6 is 11.3 Å². The number of amides is 1. The van der Waals surface area contributed by atoms with Crippen molar-refractivity contribution in [1.29, 1.82) is 0 Å². The number of anilines is 1. The van der Waals surface area contributed by atoms with E-state index in [0.29, 0.717) is 37.5 Å². The number of aryl methyl sites for hydroxylation is 1. The number of hydrogen-bond donors (Lipinski definition) is 0. The molecule has 0 unspecified atom stereocenters. The minimum atomic E-state index is 0.0815. The number of rotatable bonds is 8. The zero-order valence-corrected chi connectivity index (χ0v) is 16.7. The van der Waals surface area contributed by atoms with Gasteiger partial charge >= 0.3 is 0 Å². The maximum atomic E-state index is 13.0. The van der Waals surface area contributed by atoms with E-state index in [1.807, 2.05) is 83.1 Å². The van der Waals surface area contributed by atoms with Gasteiger partial charge in [0.1, 0.15) is 0 Å². The summed E-state index contributed by atoms with van der Waals surface area (Å²) in [5, 5.41) is 6.01. The van der Waals surface area contributed by atoms with Gasteiger partial charge in [0.15, 0.2) is 0 Å². The second kappa shape index (κ2) is 9.30. The van der Waals surface area contributed by atoms with Crippen molar-refractivity contribution >= 4 is 22.9 Å². The Balaban J connectivity index is 1.39. The van der Waals surface area contributed by atoms with E-state index < -0.39 is 0 Å². The highest BCUT2D eigenvalue weighted by Gasteiger charge is 2.17. The van der Waals surface area contributed by atoms with Crippen LogP contribution in [0.2, 0.25) is 0 Å². The first-order valence-corrected chi connectivity index (χ1v) is 10.4. The van der Waals surface area contributed by atoms with Gasteiger partial charge in [-0.15, -0.1) is 11.3 Å². The van der Waals surface area contributed by atoms with E-state index in [-0.39, 0.29) is 5.91 Å². The highest BCUT2D eigenvalue weighted by Crippen LogP contribution is 2.22. The average Bonchev–Trinajstić information content (AvgIpc) is 3.45. The minimum absolute atomic E-state index is 0.0815. The molecule has 2 aromatic heterocycles. The molecule has 0 saturated heterocycles. The number of para-hydroxylation sites is 1. The third-order valence-corrected chi connectivity index (χ3v) is 5.41. The number of aromatic nitrogens is 2. The third kappa shape index (κ3) is 4.97. The average molecular weight is 404 g/mol. The second-order valence-electron chi connectivity index (χ2n) is 6.64. The molecule has 0 radical (unpaired) electrons. The van der Waals surface area contributed by atoms with Gasteiger partial charge in [-0.25, -0.2) is 0 Å². The predicted octanol–water partition coefficient (Wildman–Crippen LogP) is 5.35. The zero-order valence-electron chi connectivity index (χ0n) is 15.9. The number of nitrogens with zero attached hydrogens (tertiary/aromatic N) is 3. The molecule has 0 N–H and O–H groups in total. The third-order valence-electron chi connectivity index (χ3n) is 4.54. The summed E-state index contributed by atoms with van der Waals surface area (Å²) in [6, 6.07) is 23.7. The molecule has 0 atom stereocenters. The molecule has 4 rings (SSSR count). The van der Waals surface area contributed by atoms with E-state index in [9.17, 15) is 4.79 Å². The van der Waals surface area contributed by atoms with Gasteiger partial charge in [-0.1, -0.05) is 59.8 Å². The lowest BCUT2D eigenvalue weighted by atomic mass is 10.1. The molecule has 0 aliphatic heterocycles. The van der Waals surface area contributed by atoms with Crippen molar-refractivity contribution in [3.05, 3.63) is 89.6 Å². The maximum Gasteiger partial charge on any atom is 0.227 e. The van der Waals surface area contributed by atoms with Crippen LogP contribution in [0, 0.1) is 0 Å². The summed E-state index contributed by atoms with van der Waals surface area (Å²) in [7, 11) is 0. The van der Waals surface area contributed by atoms with Gasteiger partial charge in [0.25, 0.3) is 0 Å². The summed E-state index contributed by atoms with van der Waals surface area (Å²) in [5.74, 6) is 1.25. The van der Waals surface area contributed by atoms with Crippen LogP contribution in [0.1, 0.15) is 24.3 Å². The van der Waals surface area contributed by atoms with Gasteiger partial charge in [-0.2, -0.15) is 4.98 Å². The van der Waals surface area contributed by atoms with Crippen LogP contribution in [0.3, 0.4) is 0 Å². The van der Waals surface area contributed by atoms with Crippen LogP contribution < -0.4 is 4.90 Å². The number of benzene rings is 2. The van der Waals surface area contributed by atoms with E-state index in [2.05, 4.69) is 10.1 Å². The topological polar surface area (TPSA) is 59.2 Å².